The summed E-state index contributed by atoms with van der Waals surface area (Å²) < 4.78 is 11.5. The van der Waals surface area contributed by atoms with Crippen molar-refractivity contribution in [1.82, 2.24) is 10.6 Å². The maximum absolute atomic E-state index is 12.0. The third-order valence-corrected chi connectivity index (χ3v) is 5.45. The van der Waals surface area contributed by atoms with Crippen molar-refractivity contribution in [2.75, 3.05) is 27.3 Å². The highest BCUT2D eigenvalue weighted by Crippen LogP contribution is 2.36. The molecule has 0 saturated heterocycles. The Kier molecular flexibility index (Phi) is 10.9. The fourth-order valence-electron chi connectivity index (χ4n) is 3.20. The van der Waals surface area contributed by atoms with Crippen LogP contribution in [0.4, 0.5) is 0 Å². The molecule has 0 aliphatic heterocycles. The van der Waals surface area contributed by atoms with Gasteiger partial charge in [-0.05, 0) is 64.9 Å². The minimum absolute atomic E-state index is 0.00373. The van der Waals surface area contributed by atoms with Crippen LogP contribution in [0.1, 0.15) is 36.8 Å². The van der Waals surface area contributed by atoms with Crippen molar-refractivity contribution in [3.63, 3.8) is 0 Å². The van der Waals surface area contributed by atoms with E-state index in [4.69, 9.17) is 9.47 Å². The van der Waals surface area contributed by atoms with Crippen molar-refractivity contribution in [2.45, 2.75) is 38.5 Å². The van der Waals surface area contributed by atoms with Gasteiger partial charge in [0.25, 0.3) is 0 Å². The van der Waals surface area contributed by atoms with Crippen molar-refractivity contribution in [3.05, 3.63) is 58.1 Å². The normalized spacial score (nSPS) is 10.4. The number of carbonyl (C=O) groups is 2. The number of benzene rings is 2. The zero-order valence-electron chi connectivity index (χ0n) is 18.2. The number of unbranched alkanes of at least 4 members (excludes halogenated alkanes) is 1. The van der Waals surface area contributed by atoms with E-state index in [0.29, 0.717) is 56.7 Å². The molecule has 0 aliphatic carbocycles. The van der Waals surface area contributed by atoms with E-state index in [1.165, 1.54) is 5.56 Å². The van der Waals surface area contributed by atoms with Crippen LogP contribution in [0, 0.1) is 0 Å². The number of methoxy groups -OCH3 is 2. The summed E-state index contributed by atoms with van der Waals surface area (Å²) in [7, 11) is 3.19. The summed E-state index contributed by atoms with van der Waals surface area (Å²) in [4.78, 5) is 23.9. The largest absolute Gasteiger partial charge is 0.493 e. The molecule has 0 aliphatic rings. The summed E-state index contributed by atoms with van der Waals surface area (Å²) in [5.74, 6) is 1.35. The van der Waals surface area contributed by atoms with Crippen LogP contribution in [0.25, 0.3) is 0 Å². The predicted molar refractivity (Wildman–Crippen MR) is 126 cm³/mol. The van der Waals surface area contributed by atoms with Crippen LogP contribution in [0.15, 0.2) is 46.9 Å². The molecule has 2 aromatic carbocycles. The average Bonchev–Trinajstić information content (AvgIpc) is 2.77. The van der Waals surface area contributed by atoms with E-state index in [0.717, 1.165) is 16.5 Å². The molecule has 2 amide bonds. The molecule has 2 rings (SSSR count). The van der Waals surface area contributed by atoms with E-state index in [9.17, 15) is 9.59 Å². The maximum Gasteiger partial charge on any atom is 0.220 e. The molecule has 2 aromatic rings. The van der Waals surface area contributed by atoms with Gasteiger partial charge >= 0.3 is 0 Å². The average molecular weight is 491 g/mol. The van der Waals surface area contributed by atoms with E-state index in [-0.39, 0.29) is 11.8 Å². The van der Waals surface area contributed by atoms with Crippen LogP contribution in [-0.4, -0.2) is 39.1 Å². The highest BCUT2D eigenvalue weighted by atomic mass is 79.9. The Labute approximate surface area is 192 Å². The Morgan fingerprint density at radius 3 is 1.97 bits per heavy atom. The highest BCUT2D eigenvalue weighted by Gasteiger charge is 2.11. The molecular formula is C24H31BrN2O4. The molecule has 0 spiro atoms. The van der Waals surface area contributed by atoms with Gasteiger partial charge in [-0.3, -0.25) is 9.59 Å². The SMILES string of the molecule is COc1cc(CCNC(=O)CCCCC(=O)NCCc2ccccc2)cc(Br)c1OC. The van der Waals surface area contributed by atoms with E-state index >= 15 is 0 Å². The first kappa shape index (κ1) is 24.7. The number of hydrogen-bond donors (Lipinski definition) is 2. The lowest BCUT2D eigenvalue weighted by molar-refractivity contribution is -0.123. The molecule has 0 heterocycles. The van der Waals surface area contributed by atoms with Gasteiger partial charge in [0.15, 0.2) is 11.5 Å². The second-order valence-corrected chi connectivity index (χ2v) is 8.06. The fraction of sp³-hybridized carbons (Fsp3) is 0.417. The summed E-state index contributed by atoms with van der Waals surface area (Å²) in [6.07, 6.45) is 3.78. The Balaban J connectivity index is 1.57. The number of rotatable bonds is 13. The fourth-order valence-corrected chi connectivity index (χ4v) is 3.85. The van der Waals surface area contributed by atoms with E-state index in [1.807, 2.05) is 30.3 Å². The first-order valence-corrected chi connectivity index (χ1v) is 11.3. The topological polar surface area (TPSA) is 76.7 Å². The Morgan fingerprint density at radius 1 is 0.839 bits per heavy atom. The Hall–Kier alpha value is -2.54. The minimum Gasteiger partial charge on any atom is -0.493 e. The molecule has 0 atom stereocenters. The zero-order valence-corrected chi connectivity index (χ0v) is 19.8. The summed E-state index contributed by atoms with van der Waals surface area (Å²) in [6, 6.07) is 13.9. The molecule has 168 valence electrons. The van der Waals surface area contributed by atoms with Crippen molar-refractivity contribution in [3.8, 4) is 11.5 Å². The van der Waals surface area contributed by atoms with Crippen LogP contribution in [0.2, 0.25) is 0 Å². The molecule has 2 N–H and O–H groups in total. The van der Waals surface area contributed by atoms with Gasteiger partial charge < -0.3 is 20.1 Å². The van der Waals surface area contributed by atoms with Gasteiger partial charge in [-0.1, -0.05) is 30.3 Å². The number of nitrogens with one attached hydrogen (secondary N) is 2. The highest BCUT2D eigenvalue weighted by molar-refractivity contribution is 9.10. The van der Waals surface area contributed by atoms with Gasteiger partial charge in [0.1, 0.15) is 0 Å². The number of amides is 2. The smallest absolute Gasteiger partial charge is 0.220 e. The summed E-state index contributed by atoms with van der Waals surface area (Å²) in [5, 5.41) is 5.86. The second-order valence-electron chi connectivity index (χ2n) is 7.21. The van der Waals surface area contributed by atoms with E-state index in [2.05, 4.69) is 38.7 Å². The van der Waals surface area contributed by atoms with Crippen LogP contribution in [0.5, 0.6) is 11.5 Å². The van der Waals surface area contributed by atoms with Crippen molar-refractivity contribution >= 4 is 27.7 Å². The first-order valence-electron chi connectivity index (χ1n) is 10.5. The molecule has 0 fully saturated rings. The lowest BCUT2D eigenvalue weighted by Crippen LogP contribution is -2.26. The number of hydrogen-bond acceptors (Lipinski definition) is 4. The third-order valence-electron chi connectivity index (χ3n) is 4.87. The quantitative estimate of drug-likeness (QED) is 0.415. The third kappa shape index (κ3) is 9.00. The Bertz CT molecular complexity index is 843. The van der Waals surface area contributed by atoms with Crippen molar-refractivity contribution in [2.24, 2.45) is 0 Å². The number of ether oxygens (including phenoxy) is 2. The van der Waals surface area contributed by atoms with Crippen LogP contribution < -0.4 is 20.1 Å². The Morgan fingerprint density at radius 2 is 1.42 bits per heavy atom. The van der Waals surface area contributed by atoms with Gasteiger partial charge in [0.05, 0.1) is 18.7 Å². The molecule has 7 heteroatoms. The van der Waals surface area contributed by atoms with Gasteiger partial charge in [0.2, 0.25) is 11.8 Å². The molecule has 0 aromatic heterocycles. The van der Waals surface area contributed by atoms with Gasteiger partial charge in [-0.2, -0.15) is 0 Å². The minimum atomic E-state index is 0.00373. The number of halogens is 1. The van der Waals surface area contributed by atoms with Crippen molar-refractivity contribution in [1.29, 1.82) is 0 Å². The lowest BCUT2D eigenvalue weighted by Gasteiger charge is -2.12. The molecule has 0 saturated carbocycles. The van der Waals surface area contributed by atoms with E-state index in [1.54, 1.807) is 14.2 Å². The van der Waals surface area contributed by atoms with Crippen LogP contribution in [-0.2, 0) is 22.4 Å². The van der Waals surface area contributed by atoms with Gasteiger partial charge in [-0.25, -0.2) is 0 Å². The summed E-state index contributed by atoms with van der Waals surface area (Å²) in [6.45, 7) is 1.18. The standard InChI is InChI=1S/C24H31BrN2O4/c1-30-21-17-19(16-20(25)24(21)31-2)13-15-27-23(29)11-7-6-10-22(28)26-14-12-18-8-4-3-5-9-18/h3-5,8-9,16-17H,6-7,10-15H2,1-2H3,(H,26,28)(H,27,29). The number of carbonyl (C=O) groups excluding carboxylic acids is 2. The molecule has 0 unspecified atom stereocenters. The monoisotopic (exact) mass is 490 g/mol. The van der Waals surface area contributed by atoms with Crippen molar-refractivity contribution < 1.29 is 19.1 Å². The first-order chi connectivity index (χ1) is 15.0. The molecule has 31 heavy (non-hydrogen) atoms. The predicted octanol–water partition coefficient (Wildman–Crippen LogP) is 4.04. The second kappa shape index (κ2) is 13.7. The molecule has 0 bridgehead atoms. The summed E-state index contributed by atoms with van der Waals surface area (Å²) in [5.41, 5.74) is 2.25. The maximum atomic E-state index is 12.0. The summed E-state index contributed by atoms with van der Waals surface area (Å²) >= 11 is 3.48. The molecule has 0 radical (unpaired) electrons. The lowest BCUT2D eigenvalue weighted by atomic mass is 10.1. The van der Waals surface area contributed by atoms with Crippen LogP contribution >= 0.6 is 15.9 Å². The van der Waals surface area contributed by atoms with Gasteiger partial charge in [0, 0.05) is 25.9 Å². The molecular weight excluding hydrogens is 460 g/mol. The van der Waals surface area contributed by atoms with Gasteiger partial charge in [-0.15, -0.1) is 0 Å². The van der Waals surface area contributed by atoms with Crippen LogP contribution in [0.3, 0.4) is 0 Å². The molecule has 6 nitrogen and oxygen atoms in total. The zero-order chi connectivity index (χ0) is 22.5. The van der Waals surface area contributed by atoms with E-state index < -0.39 is 0 Å².